The lowest BCUT2D eigenvalue weighted by Crippen LogP contribution is -2.42. The smallest absolute Gasteiger partial charge is 0.272 e. The normalized spacial score (nSPS) is 10.9. The molecule has 0 aliphatic heterocycles. The lowest BCUT2D eigenvalue weighted by atomic mass is 10.2. The van der Waals surface area contributed by atoms with Crippen LogP contribution in [0.3, 0.4) is 0 Å². The number of hydrogen-bond donors (Lipinski definition) is 2. The van der Waals surface area contributed by atoms with Gasteiger partial charge in [-0.2, -0.15) is 0 Å². The molecule has 0 saturated heterocycles. The van der Waals surface area contributed by atoms with E-state index in [1.54, 1.807) is 24.3 Å². The van der Waals surface area contributed by atoms with Gasteiger partial charge in [-0.1, -0.05) is 36.0 Å². The molecule has 2 aromatic carbocycles. The number of fused-ring (bicyclic) bond motifs is 1. The Hall–Kier alpha value is -3.20. The molecule has 2 amide bonds. The van der Waals surface area contributed by atoms with Crippen molar-refractivity contribution in [1.29, 1.82) is 0 Å². The minimum absolute atomic E-state index is 0.0882. The van der Waals surface area contributed by atoms with Crippen LogP contribution in [0.25, 0.3) is 10.9 Å². The van der Waals surface area contributed by atoms with E-state index in [-0.39, 0.29) is 22.9 Å². The SMILES string of the molecule is CC(C)n1c(SCC(=O)NNC(=O)c2ccccc2F)nc2ccccc2c1=O. The molecule has 0 aliphatic rings. The van der Waals surface area contributed by atoms with E-state index >= 15 is 0 Å². The van der Waals surface area contributed by atoms with E-state index in [1.807, 2.05) is 13.8 Å². The predicted molar refractivity (Wildman–Crippen MR) is 109 cm³/mol. The molecule has 0 fully saturated rings. The summed E-state index contributed by atoms with van der Waals surface area (Å²) in [5, 5.41) is 0.909. The van der Waals surface area contributed by atoms with E-state index in [2.05, 4.69) is 15.8 Å². The van der Waals surface area contributed by atoms with E-state index < -0.39 is 17.6 Å². The molecule has 150 valence electrons. The maximum Gasteiger partial charge on any atom is 0.272 e. The number of carbonyl (C=O) groups excluding carboxylic acids is 2. The van der Waals surface area contributed by atoms with Gasteiger partial charge in [-0.05, 0) is 38.1 Å². The number of benzene rings is 2. The Kier molecular flexibility index (Phi) is 6.28. The van der Waals surface area contributed by atoms with Gasteiger partial charge in [0.25, 0.3) is 11.5 Å². The Morgan fingerprint density at radius 3 is 2.52 bits per heavy atom. The fourth-order valence-electron chi connectivity index (χ4n) is 2.69. The summed E-state index contributed by atoms with van der Waals surface area (Å²) in [6.07, 6.45) is 0. The zero-order valence-electron chi connectivity index (χ0n) is 15.8. The zero-order chi connectivity index (χ0) is 21.0. The zero-order valence-corrected chi connectivity index (χ0v) is 16.6. The molecule has 9 heteroatoms. The largest absolute Gasteiger partial charge is 0.285 e. The van der Waals surface area contributed by atoms with Crippen LogP contribution in [0.5, 0.6) is 0 Å². The Morgan fingerprint density at radius 1 is 1.10 bits per heavy atom. The predicted octanol–water partition coefficient (Wildman–Crippen LogP) is 2.67. The number of aromatic nitrogens is 2. The number of hydrogen-bond acceptors (Lipinski definition) is 5. The van der Waals surface area contributed by atoms with Crippen LogP contribution in [0.1, 0.15) is 30.2 Å². The van der Waals surface area contributed by atoms with Gasteiger partial charge in [0, 0.05) is 6.04 Å². The van der Waals surface area contributed by atoms with Crippen molar-refractivity contribution in [3.05, 3.63) is 70.3 Å². The Bertz CT molecular complexity index is 1130. The number of halogens is 1. The van der Waals surface area contributed by atoms with Crippen molar-refractivity contribution in [1.82, 2.24) is 20.4 Å². The standard InChI is InChI=1S/C20H19FN4O3S/c1-12(2)25-19(28)14-8-4-6-10-16(14)22-20(25)29-11-17(26)23-24-18(27)13-7-3-5-9-15(13)21/h3-10,12H,11H2,1-2H3,(H,23,26)(H,24,27). The monoisotopic (exact) mass is 414 g/mol. The van der Waals surface area contributed by atoms with Crippen LogP contribution in [-0.4, -0.2) is 27.1 Å². The van der Waals surface area contributed by atoms with Crippen molar-refractivity contribution in [2.75, 3.05) is 5.75 Å². The van der Waals surface area contributed by atoms with E-state index in [1.165, 1.54) is 22.8 Å². The van der Waals surface area contributed by atoms with E-state index in [4.69, 9.17) is 0 Å². The van der Waals surface area contributed by atoms with Gasteiger partial charge in [0.2, 0.25) is 5.91 Å². The van der Waals surface area contributed by atoms with Gasteiger partial charge < -0.3 is 0 Å². The summed E-state index contributed by atoms with van der Waals surface area (Å²) in [6.45, 7) is 3.72. The van der Waals surface area contributed by atoms with E-state index in [0.29, 0.717) is 16.1 Å². The maximum absolute atomic E-state index is 13.6. The van der Waals surface area contributed by atoms with Crippen molar-refractivity contribution in [3.63, 3.8) is 0 Å². The van der Waals surface area contributed by atoms with Crippen LogP contribution in [0.4, 0.5) is 4.39 Å². The van der Waals surface area contributed by atoms with Gasteiger partial charge in [-0.25, -0.2) is 9.37 Å². The highest BCUT2D eigenvalue weighted by Crippen LogP contribution is 2.20. The number of para-hydroxylation sites is 1. The fraction of sp³-hybridized carbons (Fsp3) is 0.200. The summed E-state index contributed by atoms with van der Waals surface area (Å²) >= 11 is 1.08. The second-order valence-corrected chi connectivity index (χ2v) is 7.39. The first kappa shape index (κ1) is 20.5. The third kappa shape index (κ3) is 4.62. The quantitative estimate of drug-likeness (QED) is 0.380. The molecule has 0 saturated carbocycles. The van der Waals surface area contributed by atoms with Gasteiger partial charge in [0.05, 0.1) is 22.2 Å². The number of nitrogens with zero attached hydrogens (tertiary/aromatic N) is 2. The van der Waals surface area contributed by atoms with Crippen molar-refractivity contribution in [2.45, 2.75) is 25.0 Å². The molecule has 3 rings (SSSR count). The topological polar surface area (TPSA) is 93.1 Å². The first-order valence-electron chi connectivity index (χ1n) is 8.86. The summed E-state index contributed by atoms with van der Waals surface area (Å²) in [6, 6.07) is 12.3. The average Bonchev–Trinajstić information content (AvgIpc) is 2.70. The molecule has 1 aromatic heterocycles. The van der Waals surface area contributed by atoms with E-state index in [0.717, 1.165) is 17.8 Å². The Labute approximate surface area is 170 Å². The molecule has 0 atom stereocenters. The van der Waals surface area contributed by atoms with Crippen molar-refractivity contribution < 1.29 is 14.0 Å². The van der Waals surface area contributed by atoms with Gasteiger partial charge >= 0.3 is 0 Å². The summed E-state index contributed by atoms with van der Waals surface area (Å²) < 4.78 is 15.1. The highest BCUT2D eigenvalue weighted by molar-refractivity contribution is 7.99. The highest BCUT2D eigenvalue weighted by atomic mass is 32.2. The van der Waals surface area contributed by atoms with Crippen LogP contribution < -0.4 is 16.4 Å². The van der Waals surface area contributed by atoms with Crippen molar-refractivity contribution in [2.24, 2.45) is 0 Å². The molecule has 7 nitrogen and oxygen atoms in total. The Morgan fingerprint density at radius 2 is 1.79 bits per heavy atom. The van der Waals surface area contributed by atoms with Crippen LogP contribution in [0, 0.1) is 5.82 Å². The molecule has 0 bridgehead atoms. The number of carbonyl (C=O) groups is 2. The third-order valence-corrected chi connectivity index (χ3v) is 5.01. The molecular formula is C20H19FN4O3S. The summed E-state index contributed by atoms with van der Waals surface area (Å²) in [5.74, 6) is -2.05. The molecule has 0 aliphatic carbocycles. The molecule has 0 radical (unpaired) electrons. The Balaban J connectivity index is 1.69. The number of rotatable bonds is 5. The molecule has 0 spiro atoms. The second-order valence-electron chi connectivity index (χ2n) is 6.45. The minimum Gasteiger partial charge on any atom is -0.285 e. The first-order chi connectivity index (χ1) is 13.9. The lowest BCUT2D eigenvalue weighted by molar-refractivity contribution is -0.119. The van der Waals surface area contributed by atoms with Crippen LogP contribution >= 0.6 is 11.8 Å². The van der Waals surface area contributed by atoms with Crippen LogP contribution in [-0.2, 0) is 4.79 Å². The average molecular weight is 414 g/mol. The lowest BCUT2D eigenvalue weighted by Gasteiger charge is -2.16. The van der Waals surface area contributed by atoms with Crippen LogP contribution in [0.2, 0.25) is 0 Å². The highest BCUT2D eigenvalue weighted by Gasteiger charge is 2.16. The molecule has 0 unspecified atom stereocenters. The number of amides is 2. The molecular weight excluding hydrogens is 395 g/mol. The number of thioether (sulfide) groups is 1. The summed E-state index contributed by atoms with van der Waals surface area (Å²) in [5.41, 5.74) is 4.60. The van der Waals surface area contributed by atoms with Crippen LogP contribution in [0.15, 0.2) is 58.5 Å². The molecule has 2 N–H and O–H groups in total. The third-order valence-electron chi connectivity index (χ3n) is 4.06. The second kappa shape index (κ2) is 8.87. The van der Waals surface area contributed by atoms with Gasteiger partial charge in [-0.3, -0.25) is 29.8 Å². The number of hydrazine groups is 1. The van der Waals surface area contributed by atoms with Crippen molar-refractivity contribution in [3.8, 4) is 0 Å². The van der Waals surface area contributed by atoms with Crippen molar-refractivity contribution >= 4 is 34.5 Å². The minimum atomic E-state index is -0.760. The number of nitrogens with one attached hydrogen (secondary N) is 2. The van der Waals surface area contributed by atoms with Gasteiger partial charge in [0.15, 0.2) is 5.16 Å². The first-order valence-corrected chi connectivity index (χ1v) is 9.85. The molecule has 3 aromatic rings. The molecule has 1 heterocycles. The fourth-order valence-corrected chi connectivity index (χ4v) is 3.62. The summed E-state index contributed by atoms with van der Waals surface area (Å²) in [7, 11) is 0. The van der Waals surface area contributed by atoms with E-state index in [9.17, 15) is 18.8 Å². The van der Waals surface area contributed by atoms with Gasteiger partial charge in [-0.15, -0.1) is 0 Å². The molecule has 29 heavy (non-hydrogen) atoms. The maximum atomic E-state index is 13.6. The van der Waals surface area contributed by atoms with Gasteiger partial charge in [0.1, 0.15) is 5.82 Å². The summed E-state index contributed by atoms with van der Waals surface area (Å²) in [4.78, 5) is 41.3.